The van der Waals surface area contributed by atoms with E-state index in [1.807, 2.05) is 12.4 Å². The Kier molecular flexibility index (Phi) is 14.6. The van der Waals surface area contributed by atoms with Crippen LogP contribution in [0.15, 0.2) is 34.3 Å². The molecule has 0 bridgehead atoms. The van der Waals surface area contributed by atoms with Gasteiger partial charge in [0.05, 0.1) is 12.1 Å². The molecule has 2 aromatic carbocycles. The first kappa shape index (κ1) is 38.8. The van der Waals surface area contributed by atoms with Crippen molar-refractivity contribution in [2.24, 2.45) is 9.98 Å². The summed E-state index contributed by atoms with van der Waals surface area (Å²) in [6.07, 6.45) is 18.6. The first-order valence-corrected chi connectivity index (χ1v) is 19.1. The highest BCUT2D eigenvalue weighted by molar-refractivity contribution is 5.86. The van der Waals surface area contributed by atoms with Crippen molar-refractivity contribution >= 4 is 12.4 Å². The van der Waals surface area contributed by atoms with Gasteiger partial charge in [0.15, 0.2) is 0 Å². The molecule has 2 N–H and O–H groups in total. The maximum Gasteiger partial charge on any atom is 0.128 e. The van der Waals surface area contributed by atoms with Crippen LogP contribution in [0.25, 0.3) is 0 Å². The molecule has 0 radical (unpaired) electrons. The van der Waals surface area contributed by atoms with Gasteiger partial charge in [-0.3, -0.25) is 9.98 Å². The minimum Gasteiger partial charge on any atom is -0.507 e. The van der Waals surface area contributed by atoms with Crippen LogP contribution in [-0.4, -0.2) is 34.7 Å². The van der Waals surface area contributed by atoms with E-state index in [9.17, 15) is 10.2 Å². The third kappa shape index (κ3) is 10.7. The third-order valence-electron chi connectivity index (χ3n) is 10.3. The van der Waals surface area contributed by atoms with Crippen molar-refractivity contribution in [1.82, 2.24) is 0 Å². The molecule has 0 aromatic heterocycles. The fraction of sp³-hybridized carbons (Fsp3) is 0.674. The molecule has 1 saturated carbocycles. The number of nitrogens with zero attached hydrogens (tertiary/aromatic N) is 2. The fourth-order valence-electron chi connectivity index (χ4n) is 7.30. The molecular formula is C43H68N2O2. The average molecular weight is 645 g/mol. The van der Waals surface area contributed by atoms with Crippen molar-refractivity contribution in [2.75, 3.05) is 0 Å². The van der Waals surface area contributed by atoms with Crippen LogP contribution < -0.4 is 0 Å². The zero-order chi connectivity index (χ0) is 34.8. The summed E-state index contributed by atoms with van der Waals surface area (Å²) in [6.45, 7) is 22.1. The van der Waals surface area contributed by atoms with Gasteiger partial charge in [-0.1, -0.05) is 126 Å². The summed E-state index contributed by atoms with van der Waals surface area (Å²) in [6, 6.07) is 8.98. The van der Waals surface area contributed by atoms with E-state index < -0.39 is 0 Å². The van der Waals surface area contributed by atoms with E-state index in [1.54, 1.807) is 0 Å². The van der Waals surface area contributed by atoms with Crippen LogP contribution >= 0.6 is 0 Å². The highest BCUT2D eigenvalue weighted by atomic mass is 16.3. The van der Waals surface area contributed by atoms with Gasteiger partial charge in [0.25, 0.3) is 0 Å². The molecule has 47 heavy (non-hydrogen) atoms. The smallest absolute Gasteiger partial charge is 0.128 e. The summed E-state index contributed by atoms with van der Waals surface area (Å²) in [5.74, 6) is 1.69. The fourth-order valence-corrected chi connectivity index (χ4v) is 7.30. The van der Waals surface area contributed by atoms with Gasteiger partial charge >= 0.3 is 0 Å². The molecule has 4 nitrogen and oxygen atoms in total. The van der Waals surface area contributed by atoms with Crippen molar-refractivity contribution in [1.29, 1.82) is 0 Å². The minimum absolute atomic E-state index is 0.0491. The summed E-state index contributed by atoms with van der Waals surface area (Å²) in [7, 11) is 0. The number of aromatic hydroxyl groups is 2. The second-order valence-corrected chi connectivity index (χ2v) is 16.4. The molecule has 0 saturated heterocycles. The van der Waals surface area contributed by atoms with E-state index in [0.29, 0.717) is 23.3 Å². The molecule has 3 rings (SSSR count). The number of aliphatic imine (C=N–C) groups is 2. The Bertz CT molecular complexity index is 1330. The van der Waals surface area contributed by atoms with Gasteiger partial charge in [0.1, 0.15) is 11.5 Å². The third-order valence-corrected chi connectivity index (χ3v) is 10.3. The predicted octanol–water partition coefficient (Wildman–Crippen LogP) is 12.3. The summed E-state index contributed by atoms with van der Waals surface area (Å²) >= 11 is 0. The van der Waals surface area contributed by atoms with Gasteiger partial charge in [0, 0.05) is 34.7 Å². The van der Waals surface area contributed by atoms with Gasteiger partial charge in [-0.15, -0.1) is 0 Å². The van der Waals surface area contributed by atoms with Crippen LogP contribution in [-0.2, 0) is 10.8 Å². The van der Waals surface area contributed by atoms with Crippen molar-refractivity contribution in [2.45, 2.75) is 187 Å². The molecule has 1 aliphatic rings. The van der Waals surface area contributed by atoms with Gasteiger partial charge in [-0.25, -0.2) is 0 Å². The van der Waals surface area contributed by atoms with Crippen LogP contribution in [0.1, 0.15) is 198 Å². The summed E-state index contributed by atoms with van der Waals surface area (Å²) in [5.41, 5.74) is 5.96. The number of hydrogen-bond donors (Lipinski definition) is 2. The highest BCUT2D eigenvalue weighted by Crippen LogP contribution is 2.40. The van der Waals surface area contributed by atoms with Crippen molar-refractivity contribution in [3.63, 3.8) is 0 Å². The quantitative estimate of drug-likeness (QED) is 0.189. The van der Waals surface area contributed by atoms with Gasteiger partial charge in [-0.05, 0) is 84.5 Å². The molecule has 1 fully saturated rings. The number of benzene rings is 2. The number of phenols is 2. The molecule has 4 unspecified atom stereocenters. The normalized spacial score (nSPS) is 19.1. The maximum absolute atomic E-state index is 11.5. The Labute approximate surface area is 288 Å². The lowest BCUT2D eigenvalue weighted by Gasteiger charge is -2.27. The van der Waals surface area contributed by atoms with E-state index in [-0.39, 0.29) is 22.9 Å². The molecule has 2 aromatic rings. The van der Waals surface area contributed by atoms with Crippen LogP contribution in [0.2, 0.25) is 0 Å². The molecule has 4 atom stereocenters. The standard InChI is InChI=1S/C43H68N2O2/c1-11-15-20-30(14-4)32-24-34(40(46)36(26-32)42(5,6)7)28-44-38-22-17-18-23-39(38)45-29-35-25-33(31(19-13-3)21-16-12-2)27-37(41(35)47)43(8,9)10/h24-31,38-39,46-47H,11-23H2,1-10H3. The lowest BCUT2D eigenvalue weighted by molar-refractivity contribution is 0.389. The number of hydrogen-bond acceptors (Lipinski definition) is 4. The summed E-state index contributed by atoms with van der Waals surface area (Å²) in [5, 5.41) is 23.0. The number of phenolic OH excluding ortho intramolecular Hbond substituents is 2. The first-order chi connectivity index (χ1) is 22.2. The second kappa shape index (κ2) is 17.7. The molecule has 262 valence electrons. The van der Waals surface area contributed by atoms with E-state index in [2.05, 4.69) is 93.5 Å². The Hall–Kier alpha value is -2.62. The molecule has 0 spiro atoms. The Morgan fingerprint density at radius 1 is 0.638 bits per heavy atom. The van der Waals surface area contributed by atoms with Crippen molar-refractivity contribution in [3.05, 3.63) is 57.6 Å². The zero-order valence-electron chi connectivity index (χ0n) is 31.8. The molecule has 0 amide bonds. The van der Waals surface area contributed by atoms with Crippen molar-refractivity contribution < 1.29 is 10.2 Å². The topological polar surface area (TPSA) is 65.2 Å². The number of rotatable bonds is 15. The lowest BCUT2D eigenvalue weighted by Crippen LogP contribution is -2.27. The first-order valence-electron chi connectivity index (χ1n) is 19.1. The van der Waals surface area contributed by atoms with E-state index in [0.717, 1.165) is 67.2 Å². The Morgan fingerprint density at radius 2 is 1.06 bits per heavy atom. The molecular weight excluding hydrogens is 576 g/mol. The van der Waals surface area contributed by atoms with Crippen LogP contribution in [0.4, 0.5) is 0 Å². The maximum atomic E-state index is 11.5. The van der Waals surface area contributed by atoms with Gasteiger partial charge in [0.2, 0.25) is 0 Å². The second-order valence-electron chi connectivity index (χ2n) is 16.4. The van der Waals surface area contributed by atoms with E-state index >= 15 is 0 Å². The molecule has 1 aliphatic carbocycles. The van der Waals surface area contributed by atoms with Crippen LogP contribution in [0.3, 0.4) is 0 Å². The molecule has 4 heteroatoms. The molecule has 0 aliphatic heterocycles. The summed E-state index contributed by atoms with van der Waals surface area (Å²) in [4.78, 5) is 10.3. The summed E-state index contributed by atoms with van der Waals surface area (Å²) < 4.78 is 0. The SMILES string of the molecule is CCCCC(CC)c1cc(C=NC2CCCCC2N=Cc2cc(C(CCC)CCCC)cc(C(C)(C)C)c2O)c(O)c(C(C)(C)C)c1. The Morgan fingerprint density at radius 3 is 1.45 bits per heavy atom. The lowest BCUT2D eigenvalue weighted by atomic mass is 9.80. The Balaban J connectivity index is 2.00. The monoisotopic (exact) mass is 645 g/mol. The van der Waals surface area contributed by atoms with Crippen molar-refractivity contribution in [3.8, 4) is 11.5 Å². The highest BCUT2D eigenvalue weighted by Gasteiger charge is 2.27. The zero-order valence-corrected chi connectivity index (χ0v) is 31.8. The largest absolute Gasteiger partial charge is 0.507 e. The van der Waals surface area contributed by atoms with Crippen LogP contribution in [0, 0.1) is 0 Å². The van der Waals surface area contributed by atoms with Crippen LogP contribution in [0.5, 0.6) is 11.5 Å². The molecule has 0 heterocycles. The minimum atomic E-state index is -0.169. The van der Waals surface area contributed by atoms with E-state index in [4.69, 9.17) is 9.98 Å². The predicted molar refractivity (Wildman–Crippen MR) is 205 cm³/mol. The van der Waals surface area contributed by atoms with Gasteiger partial charge in [-0.2, -0.15) is 0 Å². The number of unbranched alkanes of at least 4 members (excludes halogenated alkanes) is 2. The van der Waals surface area contributed by atoms with E-state index in [1.165, 1.54) is 49.7 Å². The van der Waals surface area contributed by atoms with Gasteiger partial charge < -0.3 is 10.2 Å². The average Bonchev–Trinajstić information content (AvgIpc) is 3.02.